The first-order chi connectivity index (χ1) is 19.5. The van der Waals surface area contributed by atoms with E-state index in [0.717, 1.165) is 55.7 Å². The average Bonchev–Trinajstić information content (AvgIpc) is 3.01. The van der Waals surface area contributed by atoms with Gasteiger partial charge in [-0.15, -0.1) is 0 Å². The van der Waals surface area contributed by atoms with E-state index < -0.39 is 0 Å². The topological polar surface area (TPSA) is 66.0 Å². The summed E-state index contributed by atoms with van der Waals surface area (Å²) in [6.07, 6.45) is 7.82. The van der Waals surface area contributed by atoms with Gasteiger partial charge in [0.25, 0.3) is 11.8 Å². The molecule has 2 aromatic carbocycles. The molecule has 0 bridgehead atoms. The SMILES string of the molecule is Cc1ccc(CN2C(=O)/C(=C\c3ccc(C(=O)N4CCN(c5ccccn5)CC4)cc3)OC3CCCCC32)cc1. The Morgan fingerprint density at radius 3 is 2.42 bits per heavy atom. The van der Waals surface area contributed by atoms with Crippen LogP contribution in [0.2, 0.25) is 0 Å². The van der Waals surface area contributed by atoms with Gasteiger partial charge in [-0.25, -0.2) is 4.98 Å². The van der Waals surface area contributed by atoms with Crippen LogP contribution >= 0.6 is 0 Å². The molecule has 1 aliphatic carbocycles. The fraction of sp³-hybridized carbons (Fsp3) is 0.364. The van der Waals surface area contributed by atoms with Gasteiger partial charge in [-0.3, -0.25) is 9.59 Å². The number of nitrogens with zero attached hydrogens (tertiary/aromatic N) is 4. The fourth-order valence-electron chi connectivity index (χ4n) is 5.99. The molecule has 3 fully saturated rings. The number of morpholine rings is 1. The van der Waals surface area contributed by atoms with Crippen molar-refractivity contribution in [2.45, 2.75) is 51.3 Å². The lowest BCUT2D eigenvalue weighted by atomic mass is 9.89. The van der Waals surface area contributed by atoms with Crippen molar-refractivity contribution in [3.05, 3.63) is 101 Å². The summed E-state index contributed by atoms with van der Waals surface area (Å²) in [5, 5.41) is 0. The molecule has 7 heteroatoms. The second-order valence-corrected chi connectivity index (χ2v) is 11.0. The lowest BCUT2D eigenvalue weighted by Gasteiger charge is -2.44. The number of carbonyl (C=O) groups is 2. The van der Waals surface area contributed by atoms with E-state index in [2.05, 4.69) is 41.1 Å². The van der Waals surface area contributed by atoms with Crippen molar-refractivity contribution in [2.75, 3.05) is 31.1 Å². The molecule has 2 atom stereocenters. The second-order valence-electron chi connectivity index (χ2n) is 11.0. The first-order valence-electron chi connectivity index (χ1n) is 14.4. The van der Waals surface area contributed by atoms with Crippen molar-refractivity contribution in [3.63, 3.8) is 0 Å². The Bertz CT molecular complexity index is 1360. The number of fused-ring (bicyclic) bond motifs is 1. The number of rotatable bonds is 5. The Balaban J connectivity index is 1.14. The van der Waals surface area contributed by atoms with Crippen molar-refractivity contribution >= 4 is 23.7 Å². The lowest BCUT2D eigenvalue weighted by molar-refractivity contribution is -0.149. The molecule has 7 nitrogen and oxygen atoms in total. The van der Waals surface area contributed by atoms with Crippen molar-refractivity contribution in [1.82, 2.24) is 14.8 Å². The molecule has 6 rings (SSSR count). The van der Waals surface area contributed by atoms with E-state index in [9.17, 15) is 9.59 Å². The maximum absolute atomic E-state index is 13.6. The van der Waals surface area contributed by atoms with Crippen molar-refractivity contribution < 1.29 is 14.3 Å². The van der Waals surface area contributed by atoms with Gasteiger partial charge >= 0.3 is 0 Å². The molecule has 2 aliphatic heterocycles. The van der Waals surface area contributed by atoms with Crippen LogP contribution in [0.15, 0.2) is 78.7 Å². The minimum Gasteiger partial charge on any atom is -0.482 e. The Hall–Kier alpha value is -4.13. The number of piperazine rings is 1. The maximum Gasteiger partial charge on any atom is 0.289 e. The van der Waals surface area contributed by atoms with Gasteiger partial charge in [-0.05, 0) is 67.7 Å². The summed E-state index contributed by atoms with van der Waals surface area (Å²) in [7, 11) is 0. The number of amides is 2. The smallest absolute Gasteiger partial charge is 0.289 e. The highest BCUT2D eigenvalue weighted by atomic mass is 16.5. The summed E-state index contributed by atoms with van der Waals surface area (Å²) in [6, 6.07) is 21.9. The van der Waals surface area contributed by atoms with E-state index in [-0.39, 0.29) is 24.0 Å². The zero-order chi connectivity index (χ0) is 27.5. The third kappa shape index (κ3) is 5.60. The van der Waals surface area contributed by atoms with Crippen molar-refractivity contribution in [2.24, 2.45) is 0 Å². The lowest BCUT2D eigenvalue weighted by Crippen LogP contribution is -2.54. The highest BCUT2D eigenvalue weighted by Gasteiger charge is 2.41. The van der Waals surface area contributed by atoms with E-state index in [1.165, 1.54) is 5.56 Å². The number of aryl methyl sites for hydroxylation is 1. The van der Waals surface area contributed by atoms with E-state index in [4.69, 9.17) is 4.74 Å². The standard InChI is InChI=1S/C33H36N4O3/c1-24-9-11-26(12-10-24)23-37-28-6-2-3-7-29(28)40-30(33(37)39)22-25-13-15-27(16-14-25)32(38)36-20-18-35(19-21-36)31-8-4-5-17-34-31/h4-5,8-17,22,28-29H,2-3,6-7,18-21,23H2,1H3/b30-22+. The second kappa shape index (κ2) is 11.5. The molecule has 0 radical (unpaired) electrons. The molecular formula is C33H36N4O3. The number of anilines is 1. The van der Waals surface area contributed by atoms with Gasteiger partial charge in [0.15, 0.2) is 5.76 Å². The average molecular weight is 537 g/mol. The van der Waals surface area contributed by atoms with Gasteiger partial charge < -0.3 is 19.4 Å². The summed E-state index contributed by atoms with van der Waals surface area (Å²) in [5.41, 5.74) is 3.84. The summed E-state index contributed by atoms with van der Waals surface area (Å²) < 4.78 is 6.30. The Morgan fingerprint density at radius 2 is 1.70 bits per heavy atom. The minimum atomic E-state index is -0.0605. The molecule has 0 spiro atoms. The molecule has 206 valence electrons. The largest absolute Gasteiger partial charge is 0.482 e. The Labute approximate surface area is 236 Å². The van der Waals surface area contributed by atoms with Crippen LogP contribution in [0, 0.1) is 6.92 Å². The normalized spacial score (nSPS) is 22.2. The van der Waals surface area contributed by atoms with E-state index in [0.29, 0.717) is 31.0 Å². The zero-order valence-electron chi connectivity index (χ0n) is 23.0. The molecule has 2 unspecified atom stereocenters. The highest BCUT2D eigenvalue weighted by molar-refractivity contribution is 5.97. The van der Waals surface area contributed by atoms with Crippen LogP contribution in [0.25, 0.3) is 6.08 Å². The number of carbonyl (C=O) groups excluding carboxylic acids is 2. The number of benzene rings is 2. The molecule has 40 heavy (non-hydrogen) atoms. The van der Waals surface area contributed by atoms with Crippen LogP contribution in [-0.4, -0.2) is 64.9 Å². The molecule has 3 aliphatic rings. The first kappa shape index (κ1) is 26.1. The number of aromatic nitrogens is 1. The van der Waals surface area contributed by atoms with E-state index in [1.54, 1.807) is 6.20 Å². The van der Waals surface area contributed by atoms with Crippen molar-refractivity contribution in [1.29, 1.82) is 0 Å². The monoisotopic (exact) mass is 536 g/mol. The predicted molar refractivity (Wildman–Crippen MR) is 156 cm³/mol. The van der Waals surface area contributed by atoms with Gasteiger partial charge in [0.05, 0.1) is 6.04 Å². The molecule has 2 saturated heterocycles. The third-order valence-corrected chi connectivity index (χ3v) is 8.29. The third-order valence-electron chi connectivity index (χ3n) is 8.29. The van der Waals surface area contributed by atoms with Gasteiger partial charge in [-0.2, -0.15) is 0 Å². The zero-order valence-corrected chi connectivity index (χ0v) is 23.0. The molecule has 0 N–H and O–H groups in total. The molecule has 3 heterocycles. The molecule has 1 aromatic heterocycles. The van der Waals surface area contributed by atoms with E-state index >= 15 is 0 Å². The Morgan fingerprint density at radius 1 is 0.950 bits per heavy atom. The van der Waals surface area contributed by atoms with Crippen LogP contribution in [0.3, 0.4) is 0 Å². The number of hydrogen-bond donors (Lipinski definition) is 0. The van der Waals surface area contributed by atoms with Gasteiger partial charge in [-0.1, -0.05) is 54.4 Å². The number of hydrogen-bond acceptors (Lipinski definition) is 5. The van der Waals surface area contributed by atoms with Gasteiger partial charge in [0.2, 0.25) is 0 Å². The highest BCUT2D eigenvalue weighted by Crippen LogP contribution is 2.34. The number of ether oxygens (including phenoxy) is 1. The van der Waals surface area contributed by atoms with Crippen molar-refractivity contribution in [3.8, 4) is 0 Å². The van der Waals surface area contributed by atoms with E-state index in [1.807, 2.05) is 58.3 Å². The summed E-state index contributed by atoms with van der Waals surface area (Å²) in [4.78, 5) is 37.3. The van der Waals surface area contributed by atoms with Gasteiger partial charge in [0.1, 0.15) is 11.9 Å². The van der Waals surface area contributed by atoms with Crippen LogP contribution in [-0.2, 0) is 16.1 Å². The summed E-state index contributed by atoms with van der Waals surface area (Å²) in [5.74, 6) is 1.30. The van der Waals surface area contributed by atoms with Gasteiger partial charge in [0, 0.05) is 44.5 Å². The quantitative estimate of drug-likeness (QED) is 0.427. The van der Waals surface area contributed by atoms with Crippen LogP contribution < -0.4 is 4.90 Å². The predicted octanol–water partition coefficient (Wildman–Crippen LogP) is 5.06. The first-order valence-corrected chi connectivity index (χ1v) is 14.4. The maximum atomic E-state index is 13.6. The summed E-state index contributed by atoms with van der Waals surface area (Å²) >= 11 is 0. The van der Waals surface area contributed by atoms with Crippen LogP contribution in [0.1, 0.15) is 52.7 Å². The Kier molecular flexibility index (Phi) is 7.53. The minimum absolute atomic E-state index is 0.0220. The molecular weight excluding hydrogens is 500 g/mol. The molecule has 3 aromatic rings. The number of pyridine rings is 1. The van der Waals surface area contributed by atoms with Crippen LogP contribution in [0.5, 0.6) is 0 Å². The molecule has 2 amide bonds. The fourth-order valence-corrected chi connectivity index (χ4v) is 5.99. The summed E-state index contributed by atoms with van der Waals surface area (Å²) in [6.45, 7) is 5.49. The molecule has 1 saturated carbocycles. The van der Waals surface area contributed by atoms with Crippen LogP contribution in [0.4, 0.5) is 5.82 Å².